The number of ether oxygens (including phenoxy) is 1. The Bertz CT molecular complexity index is 869. The van der Waals surface area contributed by atoms with Crippen molar-refractivity contribution < 1.29 is 22.7 Å². The van der Waals surface area contributed by atoms with E-state index in [1.807, 2.05) is 19.0 Å². The molecule has 0 radical (unpaired) electrons. The molecule has 1 aliphatic rings. The second-order valence-electron chi connectivity index (χ2n) is 6.50. The number of halogens is 4. The highest BCUT2D eigenvalue weighted by atomic mass is 35.5. The molecule has 4 nitrogen and oxygen atoms in total. The van der Waals surface area contributed by atoms with Gasteiger partial charge in [0.25, 0.3) is 5.91 Å². The quantitative estimate of drug-likeness (QED) is 0.745. The minimum Gasteiger partial charge on any atom is -0.491 e. The number of alkyl halides is 3. The summed E-state index contributed by atoms with van der Waals surface area (Å²) in [5, 5.41) is -0.400. The molecule has 2 aromatic rings. The summed E-state index contributed by atoms with van der Waals surface area (Å²) in [6.07, 6.45) is -4.59. The number of rotatable bonds is 5. The maximum absolute atomic E-state index is 13.1. The average molecular weight is 399 g/mol. The Morgan fingerprint density at radius 2 is 1.96 bits per heavy atom. The van der Waals surface area contributed by atoms with Crippen LogP contribution in [0.3, 0.4) is 0 Å². The number of anilines is 1. The van der Waals surface area contributed by atoms with Gasteiger partial charge in [0.1, 0.15) is 12.4 Å². The molecular weight excluding hydrogens is 381 g/mol. The number of fused-ring (bicyclic) bond motifs is 1. The number of amides is 1. The van der Waals surface area contributed by atoms with Crippen molar-refractivity contribution in [1.29, 1.82) is 0 Å². The Morgan fingerprint density at radius 3 is 2.63 bits per heavy atom. The van der Waals surface area contributed by atoms with E-state index >= 15 is 0 Å². The standard InChI is InChI=1S/C19H18ClF3N2O2/c1-24(2)8-9-27-16-5-3-4-12-11-25(18(26)17(12)16)13-6-7-15(20)14(10-13)19(21,22)23/h3-7,10H,8-9,11H2,1-2H3. The second-order valence-corrected chi connectivity index (χ2v) is 6.90. The first kappa shape index (κ1) is 19.5. The first-order chi connectivity index (χ1) is 12.7. The fraction of sp³-hybridized carbons (Fsp3) is 0.316. The van der Waals surface area contributed by atoms with Gasteiger partial charge < -0.3 is 14.5 Å². The highest BCUT2D eigenvalue weighted by molar-refractivity contribution is 6.31. The summed E-state index contributed by atoms with van der Waals surface area (Å²) in [5.74, 6) is 0.0489. The molecule has 1 aliphatic heterocycles. The summed E-state index contributed by atoms with van der Waals surface area (Å²) >= 11 is 5.67. The molecular formula is C19H18ClF3N2O2. The van der Waals surface area contributed by atoms with Crippen LogP contribution in [0.5, 0.6) is 5.75 Å². The van der Waals surface area contributed by atoms with Gasteiger partial charge in [-0.05, 0) is 43.9 Å². The molecule has 0 unspecified atom stereocenters. The number of carbonyl (C=O) groups is 1. The molecule has 3 rings (SSSR count). The van der Waals surface area contributed by atoms with Crippen LogP contribution in [0, 0.1) is 0 Å². The molecule has 0 N–H and O–H groups in total. The minimum atomic E-state index is -4.59. The van der Waals surface area contributed by atoms with E-state index in [0.717, 1.165) is 12.1 Å². The lowest BCUT2D eigenvalue weighted by atomic mass is 10.1. The second kappa shape index (κ2) is 7.40. The number of hydrogen-bond acceptors (Lipinski definition) is 3. The van der Waals surface area contributed by atoms with Crippen molar-refractivity contribution in [1.82, 2.24) is 4.90 Å². The Hall–Kier alpha value is -2.25. The van der Waals surface area contributed by atoms with E-state index in [0.29, 0.717) is 30.0 Å². The molecule has 0 atom stereocenters. The summed E-state index contributed by atoms with van der Waals surface area (Å²) in [6.45, 7) is 1.25. The van der Waals surface area contributed by atoms with Crippen LogP contribution in [0.25, 0.3) is 0 Å². The minimum absolute atomic E-state index is 0.146. The van der Waals surface area contributed by atoms with Gasteiger partial charge in [0, 0.05) is 12.2 Å². The molecule has 0 fully saturated rings. The van der Waals surface area contributed by atoms with Crippen LogP contribution < -0.4 is 9.64 Å². The van der Waals surface area contributed by atoms with Crippen LogP contribution in [0.4, 0.5) is 18.9 Å². The maximum Gasteiger partial charge on any atom is 0.417 e. The zero-order chi connectivity index (χ0) is 19.8. The largest absolute Gasteiger partial charge is 0.491 e. The van der Waals surface area contributed by atoms with Crippen molar-refractivity contribution >= 4 is 23.2 Å². The van der Waals surface area contributed by atoms with Crippen LogP contribution in [0.15, 0.2) is 36.4 Å². The predicted molar refractivity (Wildman–Crippen MR) is 97.5 cm³/mol. The summed E-state index contributed by atoms with van der Waals surface area (Å²) in [5.41, 5.74) is 0.283. The topological polar surface area (TPSA) is 32.8 Å². The van der Waals surface area contributed by atoms with Gasteiger partial charge in [-0.1, -0.05) is 23.7 Å². The monoisotopic (exact) mass is 398 g/mol. The first-order valence-electron chi connectivity index (χ1n) is 8.26. The third kappa shape index (κ3) is 4.04. The third-order valence-electron chi connectivity index (χ3n) is 4.26. The summed E-state index contributed by atoms with van der Waals surface area (Å²) in [7, 11) is 3.81. The van der Waals surface area contributed by atoms with E-state index in [2.05, 4.69) is 0 Å². The van der Waals surface area contributed by atoms with Crippen molar-refractivity contribution in [3.63, 3.8) is 0 Å². The molecule has 144 valence electrons. The van der Waals surface area contributed by atoms with E-state index in [1.165, 1.54) is 11.0 Å². The predicted octanol–water partition coefficient (Wildman–Crippen LogP) is 4.46. The number of carbonyl (C=O) groups excluding carboxylic acids is 1. The van der Waals surface area contributed by atoms with E-state index in [9.17, 15) is 18.0 Å². The molecule has 0 spiro atoms. The van der Waals surface area contributed by atoms with Crippen LogP contribution in [0.2, 0.25) is 5.02 Å². The molecule has 2 aromatic carbocycles. The number of benzene rings is 2. The van der Waals surface area contributed by atoms with Crippen molar-refractivity contribution in [2.45, 2.75) is 12.7 Å². The first-order valence-corrected chi connectivity index (χ1v) is 8.64. The lowest BCUT2D eigenvalue weighted by molar-refractivity contribution is -0.137. The lowest BCUT2D eigenvalue weighted by Gasteiger charge is -2.18. The molecule has 0 aliphatic carbocycles. The normalized spacial score (nSPS) is 14.0. The molecule has 1 heterocycles. The molecule has 1 amide bonds. The zero-order valence-electron chi connectivity index (χ0n) is 14.8. The highest BCUT2D eigenvalue weighted by Gasteiger charge is 2.36. The van der Waals surface area contributed by atoms with Crippen molar-refractivity contribution in [3.05, 3.63) is 58.1 Å². The molecule has 0 saturated carbocycles. The summed E-state index contributed by atoms with van der Waals surface area (Å²) in [6, 6.07) is 8.70. The van der Waals surface area contributed by atoms with Gasteiger partial charge >= 0.3 is 6.18 Å². The van der Waals surface area contributed by atoms with Crippen molar-refractivity contribution in [3.8, 4) is 5.75 Å². The molecule has 27 heavy (non-hydrogen) atoms. The number of nitrogens with zero attached hydrogens (tertiary/aromatic N) is 2. The van der Waals surface area contributed by atoms with Gasteiger partial charge in [0.2, 0.25) is 0 Å². The smallest absolute Gasteiger partial charge is 0.417 e. The lowest BCUT2D eigenvalue weighted by Crippen LogP contribution is -2.24. The third-order valence-corrected chi connectivity index (χ3v) is 4.59. The van der Waals surface area contributed by atoms with Gasteiger partial charge in [-0.3, -0.25) is 4.79 Å². The van der Waals surface area contributed by atoms with E-state index in [4.69, 9.17) is 16.3 Å². The van der Waals surface area contributed by atoms with Crippen LogP contribution in [-0.4, -0.2) is 38.1 Å². The van der Waals surface area contributed by atoms with Gasteiger partial charge in [-0.25, -0.2) is 0 Å². The molecule has 0 saturated heterocycles. The fourth-order valence-corrected chi connectivity index (χ4v) is 3.12. The van der Waals surface area contributed by atoms with Crippen LogP contribution in [-0.2, 0) is 12.7 Å². The molecule has 0 bridgehead atoms. The average Bonchev–Trinajstić information content (AvgIpc) is 2.92. The Labute approximate surface area is 160 Å². The van der Waals surface area contributed by atoms with E-state index < -0.39 is 16.8 Å². The molecule has 0 aromatic heterocycles. The number of hydrogen-bond donors (Lipinski definition) is 0. The van der Waals surface area contributed by atoms with Gasteiger partial charge in [0.15, 0.2) is 0 Å². The van der Waals surface area contributed by atoms with Crippen molar-refractivity contribution in [2.75, 3.05) is 32.1 Å². The van der Waals surface area contributed by atoms with Gasteiger partial charge in [-0.15, -0.1) is 0 Å². The SMILES string of the molecule is CN(C)CCOc1cccc2c1C(=O)N(c1ccc(Cl)c(C(F)(F)F)c1)C2. The fourth-order valence-electron chi connectivity index (χ4n) is 2.89. The maximum atomic E-state index is 13.1. The summed E-state index contributed by atoms with van der Waals surface area (Å²) in [4.78, 5) is 16.1. The Kier molecular flexibility index (Phi) is 5.35. The van der Waals surface area contributed by atoms with Crippen LogP contribution in [0.1, 0.15) is 21.5 Å². The number of likely N-dealkylation sites (N-methyl/N-ethyl adjacent to an activating group) is 1. The Balaban J connectivity index is 1.90. The van der Waals surface area contributed by atoms with E-state index in [-0.39, 0.29) is 18.1 Å². The highest BCUT2D eigenvalue weighted by Crippen LogP contribution is 2.39. The van der Waals surface area contributed by atoms with E-state index in [1.54, 1.807) is 18.2 Å². The zero-order valence-corrected chi connectivity index (χ0v) is 15.6. The Morgan fingerprint density at radius 1 is 1.22 bits per heavy atom. The summed E-state index contributed by atoms with van der Waals surface area (Å²) < 4.78 is 45.1. The van der Waals surface area contributed by atoms with Gasteiger partial charge in [0.05, 0.1) is 22.7 Å². The van der Waals surface area contributed by atoms with Crippen molar-refractivity contribution in [2.24, 2.45) is 0 Å². The molecule has 8 heteroatoms. The van der Waals surface area contributed by atoms with Gasteiger partial charge in [-0.2, -0.15) is 13.2 Å². The van der Waals surface area contributed by atoms with Crippen LogP contribution >= 0.6 is 11.6 Å².